The summed E-state index contributed by atoms with van der Waals surface area (Å²) in [6.07, 6.45) is 4.46. The van der Waals surface area contributed by atoms with Gasteiger partial charge >= 0.3 is 6.09 Å². The first-order valence-corrected chi connectivity index (χ1v) is 10.1. The zero-order valence-electron chi connectivity index (χ0n) is 16.1. The first-order valence-electron chi connectivity index (χ1n) is 9.75. The fourth-order valence-electron chi connectivity index (χ4n) is 3.19. The number of hydrogen-bond donors (Lipinski definition) is 2. The molecule has 2 aliphatic rings. The van der Waals surface area contributed by atoms with Crippen LogP contribution in [0.25, 0.3) is 0 Å². The molecular weight excluding hydrogens is 397 g/mol. The van der Waals surface area contributed by atoms with Gasteiger partial charge in [0.2, 0.25) is 5.95 Å². The summed E-state index contributed by atoms with van der Waals surface area (Å²) < 4.78 is 13.6. The van der Waals surface area contributed by atoms with Gasteiger partial charge in [0.25, 0.3) is 0 Å². The zero-order chi connectivity index (χ0) is 20.4. The number of amides is 1. The molecule has 1 aromatic heterocycles. The second kappa shape index (κ2) is 8.51. The minimum Gasteiger partial charge on any atom is -0.354 e. The number of fused-ring (bicyclic) bond motifs is 1. The lowest BCUT2D eigenvalue weighted by Crippen LogP contribution is -2.38. The summed E-state index contributed by atoms with van der Waals surface area (Å²) in [7, 11) is 0. The molecule has 0 spiro atoms. The highest BCUT2D eigenvalue weighted by Gasteiger charge is 2.24. The Bertz CT molecular complexity index is 908. The Morgan fingerprint density at radius 1 is 1.45 bits per heavy atom. The van der Waals surface area contributed by atoms with Gasteiger partial charge in [0.15, 0.2) is 0 Å². The second-order valence-corrected chi connectivity index (χ2v) is 7.93. The number of halogens is 2. The smallest absolute Gasteiger partial charge is 0.354 e. The van der Waals surface area contributed by atoms with Crippen molar-refractivity contribution in [3.05, 3.63) is 52.1 Å². The average molecular weight is 420 g/mol. The molecule has 29 heavy (non-hydrogen) atoms. The molecule has 1 aliphatic carbocycles. The third-order valence-corrected chi connectivity index (χ3v) is 5.45. The van der Waals surface area contributed by atoms with E-state index in [0.29, 0.717) is 31.0 Å². The van der Waals surface area contributed by atoms with E-state index >= 15 is 0 Å². The highest BCUT2D eigenvalue weighted by molar-refractivity contribution is 6.30. The van der Waals surface area contributed by atoms with E-state index in [4.69, 9.17) is 16.4 Å². The SMILES string of the molecule is C[C@@H](NC(=O)ON1CCc2cnc(NCC3CC3)nc2C1)c1ccc(Cl)c(F)c1. The Morgan fingerprint density at radius 3 is 3.03 bits per heavy atom. The topological polar surface area (TPSA) is 79.4 Å². The summed E-state index contributed by atoms with van der Waals surface area (Å²) in [6, 6.07) is 4.01. The number of anilines is 1. The van der Waals surface area contributed by atoms with E-state index in [2.05, 4.69) is 20.6 Å². The molecule has 1 saturated carbocycles. The number of aromatic nitrogens is 2. The lowest BCUT2D eigenvalue weighted by molar-refractivity contribution is -0.112. The molecule has 1 fully saturated rings. The lowest BCUT2D eigenvalue weighted by Gasteiger charge is -2.27. The molecule has 7 nitrogen and oxygen atoms in total. The number of rotatable bonds is 6. The number of carbonyl (C=O) groups is 1. The minimum atomic E-state index is -0.600. The Kier molecular flexibility index (Phi) is 5.82. The van der Waals surface area contributed by atoms with Crippen molar-refractivity contribution in [1.82, 2.24) is 20.3 Å². The molecule has 0 saturated heterocycles. The maximum Gasteiger partial charge on any atom is 0.426 e. The molecule has 0 bridgehead atoms. The summed E-state index contributed by atoms with van der Waals surface area (Å²) in [4.78, 5) is 26.6. The number of carbonyl (C=O) groups excluding carboxylic acids is 1. The Morgan fingerprint density at radius 2 is 2.28 bits per heavy atom. The standard InChI is InChI=1S/C20H23ClFN5O2/c1-12(14-4-5-16(21)17(22)8-14)25-20(28)29-27-7-6-15-10-24-19(26-18(15)11-27)23-9-13-2-3-13/h4-5,8,10,12-13H,2-3,6-7,9,11H2,1H3,(H,25,28)(H,23,24,26)/t12-/m1/s1. The molecule has 154 valence electrons. The normalized spacial score (nSPS) is 17.3. The van der Waals surface area contributed by atoms with E-state index in [1.807, 2.05) is 6.20 Å². The van der Waals surface area contributed by atoms with Crippen molar-refractivity contribution in [2.75, 3.05) is 18.4 Å². The quantitative estimate of drug-likeness (QED) is 0.740. The Hall–Kier alpha value is -2.45. The van der Waals surface area contributed by atoms with Crippen LogP contribution >= 0.6 is 11.6 Å². The molecule has 1 aromatic carbocycles. The van der Waals surface area contributed by atoms with Crippen molar-refractivity contribution in [1.29, 1.82) is 0 Å². The van der Waals surface area contributed by atoms with E-state index in [9.17, 15) is 9.18 Å². The van der Waals surface area contributed by atoms with Crippen LogP contribution in [0.5, 0.6) is 0 Å². The molecule has 1 amide bonds. The van der Waals surface area contributed by atoms with E-state index < -0.39 is 18.0 Å². The second-order valence-electron chi connectivity index (χ2n) is 7.52. The molecule has 9 heteroatoms. The van der Waals surface area contributed by atoms with Gasteiger partial charge in [-0.15, -0.1) is 5.06 Å². The van der Waals surface area contributed by atoms with E-state index in [0.717, 1.165) is 23.7 Å². The predicted octanol–water partition coefficient (Wildman–Crippen LogP) is 3.85. The van der Waals surface area contributed by atoms with Gasteiger partial charge in [-0.2, -0.15) is 0 Å². The number of nitrogens with one attached hydrogen (secondary N) is 2. The van der Waals surface area contributed by atoms with Gasteiger partial charge < -0.3 is 15.5 Å². The monoisotopic (exact) mass is 419 g/mol. The first-order chi connectivity index (χ1) is 14.0. The average Bonchev–Trinajstić information content (AvgIpc) is 3.52. The Balaban J connectivity index is 1.32. The van der Waals surface area contributed by atoms with E-state index in [1.165, 1.54) is 25.0 Å². The summed E-state index contributed by atoms with van der Waals surface area (Å²) in [5.74, 6) is 0.819. The van der Waals surface area contributed by atoms with Crippen LogP contribution < -0.4 is 10.6 Å². The van der Waals surface area contributed by atoms with Crippen LogP contribution in [0.1, 0.15) is 42.6 Å². The molecule has 0 radical (unpaired) electrons. The van der Waals surface area contributed by atoms with Crippen LogP contribution in [0.2, 0.25) is 5.02 Å². The Labute approximate surface area is 173 Å². The fourth-order valence-corrected chi connectivity index (χ4v) is 3.30. The fraction of sp³-hybridized carbons (Fsp3) is 0.450. The van der Waals surface area contributed by atoms with E-state index in [-0.39, 0.29) is 5.02 Å². The molecule has 2 heterocycles. The van der Waals surface area contributed by atoms with Gasteiger partial charge in [0.1, 0.15) is 5.82 Å². The van der Waals surface area contributed by atoms with Gasteiger partial charge in [-0.25, -0.2) is 19.2 Å². The van der Waals surface area contributed by atoms with Crippen molar-refractivity contribution >= 4 is 23.6 Å². The highest BCUT2D eigenvalue weighted by atomic mass is 35.5. The van der Waals surface area contributed by atoms with Crippen molar-refractivity contribution < 1.29 is 14.0 Å². The van der Waals surface area contributed by atoms with Gasteiger partial charge in [0, 0.05) is 19.3 Å². The molecule has 1 atom stereocenters. The predicted molar refractivity (Wildman–Crippen MR) is 107 cm³/mol. The largest absolute Gasteiger partial charge is 0.426 e. The maximum atomic E-state index is 13.6. The van der Waals surface area contributed by atoms with Crippen molar-refractivity contribution in [3.63, 3.8) is 0 Å². The van der Waals surface area contributed by atoms with Crippen LogP contribution in [0, 0.1) is 11.7 Å². The number of benzene rings is 1. The molecule has 1 aliphatic heterocycles. The van der Waals surface area contributed by atoms with Crippen LogP contribution in [0.4, 0.5) is 15.1 Å². The third-order valence-electron chi connectivity index (χ3n) is 5.15. The van der Waals surface area contributed by atoms with Crippen molar-refractivity contribution in [2.24, 2.45) is 5.92 Å². The lowest BCUT2D eigenvalue weighted by atomic mass is 10.1. The highest BCUT2D eigenvalue weighted by Crippen LogP contribution is 2.28. The summed E-state index contributed by atoms with van der Waals surface area (Å²) >= 11 is 5.70. The van der Waals surface area contributed by atoms with Crippen molar-refractivity contribution in [2.45, 2.75) is 38.8 Å². The third kappa shape index (κ3) is 5.13. The number of hydrogen-bond acceptors (Lipinski definition) is 6. The van der Waals surface area contributed by atoms with Gasteiger partial charge in [-0.1, -0.05) is 17.7 Å². The van der Waals surface area contributed by atoms with Gasteiger partial charge in [0.05, 0.1) is 23.3 Å². The minimum absolute atomic E-state index is 0.0449. The molecule has 0 unspecified atom stereocenters. The molecule has 2 N–H and O–H groups in total. The van der Waals surface area contributed by atoms with Crippen LogP contribution in [0.3, 0.4) is 0 Å². The summed E-state index contributed by atoms with van der Waals surface area (Å²) in [5.41, 5.74) is 2.52. The van der Waals surface area contributed by atoms with Crippen LogP contribution in [-0.2, 0) is 17.8 Å². The van der Waals surface area contributed by atoms with Crippen LogP contribution in [-0.4, -0.2) is 34.2 Å². The first kappa shape index (κ1) is 19.8. The van der Waals surface area contributed by atoms with Crippen LogP contribution in [0.15, 0.2) is 24.4 Å². The van der Waals surface area contributed by atoms with Crippen molar-refractivity contribution in [3.8, 4) is 0 Å². The number of nitrogens with zero attached hydrogens (tertiary/aromatic N) is 3. The molecule has 4 rings (SSSR count). The number of hydroxylamine groups is 2. The van der Waals surface area contributed by atoms with Gasteiger partial charge in [-0.05, 0) is 55.4 Å². The molecular formula is C20H23ClFN5O2. The zero-order valence-corrected chi connectivity index (χ0v) is 16.9. The summed E-state index contributed by atoms with van der Waals surface area (Å²) in [5, 5.41) is 7.59. The summed E-state index contributed by atoms with van der Waals surface area (Å²) in [6.45, 7) is 3.60. The maximum absolute atomic E-state index is 13.6. The van der Waals surface area contributed by atoms with E-state index in [1.54, 1.807) is 18.1 Å². The molecule has 2 aromatic rings. The van der Waals surface area contributed by atoms with Gasteiger partial charge in [-0.3, -0.25) is 0 Å².